The molecule has 0 radical (unpaired) electrons. The predicted molar refractivity (Wildman–Crippen MR) is 55.1 cm³/mol. The molecule has 0 atom stereocenters. The van der Waals surface area contributed by atoms with Crippen molar-refractivity contribution in [1.82, 2.24) is 10.2 Å². The molecule has 0 fully saturated rings. The van der Waals surface area contributed by atoms with Crippen LogP contribution in [0.4, 0.5) is 30.9 Å². The van der Waals surface area contributed by atoms with Gasteiger partial charge in [0, 0.05) is 5.69 Å². The molecule has 0 amide bonds. The highest BCUT2D eigenvalue weighted by molar-refractivity contribution is 5.53. The maximum absolute atomic E-state index is 11.9. The average Bonchev–Trinajstić information content (AvgIpc) is 2.65. The molecule has 0 spiro atoms. The summed E-state index contributed by atoms with van der Waals surface area (Å²) >= 11 is 0. The molecule has 18 heavy (non-hydrogen) atoms. The van der Waals surface area contributed by atoms with Gasteiger partial charge in [-0.1, -0.05) is 10.2 Å². The molecular weight excluding hydrogens is 253 g/mol. The fourth-order valence-corrected chi connectivity index (χ4v) is 1.15. The van der Waals surface area contributed by atoms with Crippen LogP contribution < -0.4 is 15.8 Å². The zero-order valence-corrected chi connectivity index (χ0v) is 8.73. The molecule has 0 aliphatic rings. The van der Waals surface area contributed by atoms with E-state index in [1.54, 1.807) is 0 Å². The predicted octanol–water partition coefficient (Wildman–Crippen LogP) is 2.29. The highest BCUT2D eigenvalue weighted by Gasteiger charge is 2.30. The second kappa shape index (κ2) is 4.43. The number of hydrogen-bond donors (Lipinski definition) is 2. The van der Waals surface area contributed by atoms with Gasteiger partial charge in [0.2, 0.25) is 0 Å². The molecule has 0 unspecified atom stereocenters. The first-order chi connectivity index (χ1) is 8.42. The molecule has 0 saturated heterocycles. The first kappa shape index (κ1) is 12.0. The van der Waals surface area contributed by atoms with Crippen molar-refractivity contribution in [2.75, 3.05) is 11.1 Å². The number of halogens is 3. The molecule has 6 nitrogen and oxygen atoms in total. The molecule has 2 rings (SSSR count). The SMILES string of the molecule is Nc1nnc(Nc2ccc(OC(F)(F)F)cc2)o1. The molecule has 1 aromatic carbocycles. The van der Waals surface area contributed by atoms with Crippen molar-refractivity contribution in [3.63, 3.8) is 0 Å². The van der Waals surface area contributed by atoms with Gasteiger partial charge in [-0.15, -0.1) is 13.2 Å². The van der Waals surface area contributed by atoms with Gasteiger partial charge in [0.25, 0.3) is 0 Å². The first-order valence-electron chi connectivity index (χ1n) is 4.64. The maximum Gasteiger partial charge on any atom is 0.573 e. The van der Waals surface area contributed by atoms with E-state index < -0.39 is 6.36 Å². The lowest BCUT2D eigenvalue weighted by Gasteiger charge is -2.09. The summed E-state index contributed by atoms with van der Waals surface area (Å²) in [5.41, 5.74) is 5.65. The normalized spacial score (nSPS) is 11.3. The number of aromatic nitrogens is 2. The van der Waals surface area contributed by atoms with Crippen LogP contribution in [0.1, 0.15) is 0 Å². The summed E-state index contributed by atoms with van der Waals surface area (Å²) < 4.78 is 44.3. The number of benzene rings is 1. The number of anilines is 3. The van der Waals surface area contributed by atoms with Gasteiger partial charge in [0.1, 0.15) is 5.75 Å². The number of rotatable bonds is 3. The van der Waals surface area contributed by atoms with Gasteiger partial charge >= 0.3 is 18.4 Å². The third-order valence-corrected chi connectivity index (χ3v) is 1.78. The van der Waals surface area contributed by atoms with Crippen LogP contribution in [0.2, 0.25) is 0 Å². The minimum atomic E-state index is -4.71. The second-order valence-corrected chi connectivity index (χ2v) is 3.14. The van der Waals surface area contributed by atoms with E-state index in [2.05, 4.69) is 20.3 Å². The zero-order chi connectivity index (χ0) is 13.2. The number of nitrogens with zero attached hydrogens (tertiary/aromatic N) is 2. The van der Waals surface area contributed by atoms with Gasteiger partial charge in [-0.2, -0.15) is 0 Å². The number of nitrogens with two attached hydrogens (primary N) is 1. The third-order valence-electron chi connectivity index (χ3n) is 1.78. The van der Waals surface area contributed by atoms with Gasteiger partial charge < -0.3 is 20.2 Å². The molecule has 0 bridgehead atoms. The van der Waals surface area contributed by atoms with Gasteiger partial charge in [0.05, 0.1) is 0 Å². The molecule has 0 aliphatic heterocycles. The van der Waals surface area contributed by atoms with Crippen LogP contribution in [0.5, 0.6) is 5.75 Å². The second-order valence-electron chi connectivity index (χ2n) is 3.14. The lowest BCUT2D eigenvalue weighted by atomic mass is 10.3. The van der Waals surface area contributed by atoms with Crippen LogP contribution in [0, 0.1) is 0 Å². The van der Waals surface area contributed by atoms with Gasteiger partial charge in [-0.05, 0) is 24.3 Å². The lowest BCUT2D eigenvalue weighted by molar-refractivity contribution is -0.274. The van der Waals surface area contributed by atoms with E-state index in [4.69, 9.17) is 10.2 Å². The molecule has 1 heterocycles. The Kier molecular flexibility index (Phi) is 2.96. The summed E-state index contributed by atoms with van der Waals surface area (Å²) in [5, 5.41) is 9.59. The molecule has 3 N–H and O–H groups in total. The minimum Gasteiger partial charge on any atom is -0.406 e. The zero-order valence-electron chi connectivity index (χ0n) is 8.73. The summed E-state index contributed by atoms with van der Waals surface area (Å²) in [5.74, 6) is -0.321. The molecule has 9 heteroatoms. The van der Waals surface area contributed by atoms with Crippen LogP contribution in [-0.4, -0.2) is 16.6 Å². The van der Waals surface area contributed by atoms with Crippen LogP contribution in [0.15, 0.2) is 28.7 Å². The molecule has 0 aliphatic carbocycles. The highest BCUT2D eigenvalue weighted by Crippen LogP contribution is 2.25. The van der Waals surface area contributed by atoms with Crippen LogP contribution in [0.25, 0.3) is 0 Å². The van der Waals surface area contributed by atoms with Crippen LogP contribution in [0.3, 0.4) is 0 Å². The lowest BCUT2D eigenvalue weighted by Crippen LogP contribution is -2.16. The average molecular weight is 260 g/mol. The Morgan fingerprint density at radius 3 is 2.33 bits per heavy atom. The van der Waals surface area contributed by atoms with Crippen molar-refractivity contribution in [2.24, 2.45) is 0 Å². The Balaban J connectivity index is 2.04. The Hall–Kier alpha value is -2.45. The third kappa shape index (κ3) is 3.27. The van der Waals surface area contributed by atoms with Gasteiger partial charge in [-0.3, -0.25) is 0 Å². The van der Waals surface area contributed by atoms with Gasteiger partial charge in [0.15, 0.2) is 0 Å². The maximum atomic E-state index is 11.9. The topological polar surface area (TPSA) is 86.2 Å². The van der Waals surface area contributed by atoms with E-state index in [1.807, 2.05) is 0 Å². The standard InChI is InChI=1S/C9H7F3N4O2/c10-9(11,12)18-6-3-1-5(2-4-6)14-8-16-15-7(13)17-8/h1-4H,(H2,13,15)(H,14,16). The van der Waals surface area contributed by atoms with E-state index >= 15 is 0 Å². The van der Waals surface area contributed by atoms with E-state index in [-0.39, 0.29) is 17.8 Å². The Morgan fingerprint density at radius 2 is 1.83 bits per heavy atom. The minimum absolute atomic E-state index is 0.0389. The summed E-state index contributed by atoms with van der Waals surface area (Å²) in [7, 11) is 0. The molecule has 2 aromatic rings. The van der Waals surface area contributed by atoms with Crippen molar-refractivity contribution in [1.29, 1.82) is 0 Å². The number of hydrogen-bond acceptors (Lipinski definition) is 6. The van der Waals surface area contributed by atoms with Gasteiger partial charge in [-0.25, -0.2) is 0 Å². The van der Waals surface area contributed by atoms with Crippen LogP contribution >= 0.6 is 0 Å². The Bertz CT molecular complexity index is 523. The fraction of sp³-hybridized carbons (Fsp3) is 0.111. The number of nitrogens with one attached hydrogen (secondary N) is 1. The fourth-order valence-electron chi connectivity index (χ4n) is 1.15. The van der Waals surface area contributed by atoms with E-state index in [1.165, 1.54) is 12.1 Å². The largest absolute Gasteiger partial charge is 0.573 e. The van der Waals surface area contributed by atoms with E-state index in [9.17, 15) is 13.2 Å². The van der Waals surface area contributed by atoms with E-state index in [0.717, 1.165) is 12.1 Å². The highest BCUT2D eigenvalue weighted by atomic mass is 19.4. The number of alkyl halides is 3. The summed E-state index contributed by atoms with van der Waals surface area (Å²) in [4.78, 5) is 0. The summed E-state index contributed by atoms with van der Waals surface area (Å²) in [6, 6.07) is 4.94. The van der Waals surface area contributed by atoms with Crippen molar-refractivity contribution < 1.29 is 22.3 Å². The first-order valence-corrected chi connectivity index (χ1v) is 4.64. The van der Waals surface area contributed by atoms with Crippen LogP contribution in [-0.2, 0) is 0 Å². The Labute approximate surface area is 98.6 Å². The molecule has 96 valence electrons. The van der Waals surface area contributed by atoms with Crippen molar-refractivity contribution in [3.8, 4) is 5.75 Å². The smallest absolute Gasteiger partial charge is 0.406 e. The quantitative estimate of drug-likeness (QED) is 0.880. The molecule has 1 aromatic heterocycles. The monoisotopic (exact) mass is 260 g/mol. The number of ether oxygens (including phenoxy) is 1. The molecular formula is C9H7F3N4O2. The van der Waals surface area contributed by atoms with Crippen molar-refractivity contribution >= 4 is 17.7 Å². The number of nitrogen functional groups attached to an aromatic ring is 1. The van der Waals surface area contributed by atoms with E-state index in [0.29, 0.717) is 5.69 Å². The molecule has 0 saturated carbocycles. The summed E-state index contributed by atoms with van der Waals surface area (Å²) in [6.45, 7) is 0. The summed E-state index contributed by atoms with van der Waals surface area (Å²) in [6.07, 6.45) is -4.71. The van der Waals surface area contributed by atoms with Crippen molar-refractivity contribution in [3.05, 3.63) is 24.3 Å². The Morgan fingerprint density at radius 1 is 1.17 bits per heavy atom. The van der Waals surface area contributed by atoms with Crippen molar-refractivity contribution in [2.45, 2.75) is 6.36 Å².